The number of amides is 1. The molecule has 1 aromatic carbocycles. The van der Waals surface area contributed by atoms with E-state index in [4.69, 9.17) is 4.74 Å². The molecule has 0 radical (unpaired) electrons. The van der Waals surface area contributed by atoms with Gasteiger partial charge >= 0.3 is 0 Å². The molecule has 0 spiro atoms. The van der Waals surface area contributed by atoms with Crippen LogP contribution in [0.1, 0.15) is 17.3 Å². The number of ether oxygens (including phenoxy) is 1. The Hall–Kier alpha value is -1.42. The van der Waals surface area contributed by atoms with Gasteiger partial charge < -0.3 is 10.1 Å². The van der Waals surface area contributed by atoms with Crippen molar-refractivity contribution in [3.05, 3.63) is 35.6 Å². The first-order valence-corrected chi connectivity index (χ1v) is 4.69. The zero-order valence-electron chi connectivity index (χ0n) is 8.79. The number of hydrogen-bond acceptors (Lipinski definition) is 2. The van der Waals surface area contributed by atoms with Crippen LogP contribution in [0.15, 0.2) is 24.3 Å². The lowest BCUT2D eigenvalue weighted by Gasteiger charge is -2.12. The van der Waals surface area contributed by atoms with Gasteiger partial charge in [-0.05, 0) is 19.1 Å². The lowest BCUT2D eigenvalue weighted by atomic mass is 10.2. The molecule has 1 N–H and O–H groups in total. The van der Waals surface area contributed by atoms with Gasteiger partial charge in [0.2, 0.25) is 0 Å². The first kappa shape index (κ1) is 11.7. The summed E-state index contributed by atoms with van der Waals surface area (Å²) in [5, 5.41) is 2.63. The fourth-order valence-corrected chi connectivity index (χ4v) is 1.24. The summed E-state index contributed by atoms with van der Waals surface area (Å²) in [6.45, 7) is 2.20. The molecular weight excluding hydrogens is 197 g/mol. The Labute approximate surface area is 88.2 Å². The van der Waals surface area contributed by atoms with Crippen LogP contribution in [0.25, 0.3) is 0 Å². The zero-order chi connectivity index (χ0) is 11.3. The summed E-state index contributed by atoms with van der Waals surface area (Å²) >= 11 is 0. The van der Waals surface area contributed by atoms with Crippen LogP contribution in [-0.4, -0.2) is 25.7 Å². The van der Waals surface area contributed by atoms with Gasteiger partial charge in [0.15, 0.2) is 0 Å². The topological polar surface area (TPSA) is 38.3 Å². The van der Waals surface area contributed by atoms with E-state index in [1.165, 1.54) is 12.1 Å². The van der Waals surface area contributed by atoms with E-state index in [1.54, 1.807) is 26.2 Å². The first-order valence-electron chi connectivity index (χ1n) is 4.69. The summed E-state index contributed by atoms with van der Waals surface area (Å²) < 4.78 is 18.0. The number of nitrogens with one attached hydrogen (secondary N) is 1. The zero-order valence-corrected chi connectivity index (χ0v) is 8.79. The van der Waals surface area contributed by atoms with Crippen LogP contribution < -0.4 is 5.32 Å². The van der Waals surface area contributed by atoms with Crippen molar-refractivity contribution < 1.29 is 13.9 Å². The smallest absolute Gasteiger partial charge is 0.254 e. The number of hydrogen-bond donors (Lipinski definition) is 1. The number of halogens is 1. The van der Waals surface area contributed by atoms with Crippen molar-refractivity contribution in [2.75, 3.05) is 13.7 Å². The van der Waals surface area contributed by atoms with Crippen LogP contribution in [0, 0.1) is 5.82 Å². The molecule has 0 fully saturated rings. The maximum absolute atomic E-state index is 13.2. The summed E-state index contributed by atoms with van der Waals surface area (Å²) in [7, 11) is 1.55. The standard InChI is InChI=1S/C11H14FNO2/c1-8(7-15-2)13-11(14)9-5-3-4-6-10(9)12/h3-6,8H,7H2,1-2H3,(H,13,14). The quantitative estimate of drug-likeness (QED) is 0.821. The van der Waals surface area contributed by atoms with Crippen molar-refractivity contribution in [2.45, 2.75) is 13.0 Å². The summed E-state index contributed by atoms with van der Waals surface area (Å²) in [5.74, 6) is -0.933. The van der Waals surface area contributed by atoms with E-state index >= 15 is 0 Å². The third-order valence-electron chi connectivity index (χ3n) is 1.91. The van der Waals surface area contributed by atoms with Crippen LogP contribution >= 0.6 is 0 Å². The van der Waals surface area contributed by atoms with E-state index in [2.05, 4.69) is 5.32 Å². The normalized spacial score (nSPS) is 12.2. The highest BCUT2D eigenvalue weighted by molar-refractivity contribution is 5.94. The fraction of sp³-hybridized carbons (Fsp3) is 0.364. The Morgan fingerprint density at radius 2 is 2.20 bits per heavy atom. The number of carbonyl (C=O) groups is 1. The number of carbonyl (C=O) groups excluding carboxylic acids is 1. The van der Waals surface area contributed by atoms with Gasteiger partial charge in [-0.15, -0.1) is 0 Å². The SMILES string of the molecule is COCC(C)NC(=O)c1ccccc1F. The molecule has 1 unspecified atom stereocenters. The van der Waals surface area contributed by atoms with Gasteiger partial charge in [0, 0.05) is 13.2 Å². The Bertz CT molecular complexity index is 341. The summed E-state index contributed by atoms with van der Waals surface area (Å²) in [6.07, 6.45) is 0. The molecule has 82 valence electrons. The van der Waals surface area contributed by atoms with E-state index in [0.29, 0.717) is 6.61 Å². The molecule has 0 aliphatic heterocycles. The predicted octanol–water partition coefficient (Wildman–Crippen LogP) is 1.59. The van der Waals surface area contributed by atoms with Crippen molar-refractivity contribution in [1.82, 2.24) is 5.32 Å². The third kappa shape index (κ3) is 3.32. The lowest BCUT2D eigenvalue weighted by Crippen LogP contribution is -2.36. The molecule has 15 heavy (non-hydrogen) atoms. The molecular formula is C11H14FNO2. The lowest BCUT2D eigenvalue weighted by molar-refractivity contribution is 0.0901. The molecule has 1 aromatic rings. The Kier molecular flexibility index (Phi) is 4.24. The second-order valence-corrected chi connectivity index (χ2v) is 3.31. The van der Waals surface area contributed by atoms with Gasteiger partial charge in [-0.1, -0.05) is 12.1 Å². The van der Waals surface area contributed by atoms with Crippen molar-refractivity contribution >= 4 is 5.91 Å². The van der Waals surface area contributed by atoms with Gasteiger partial charge in [-0.2, -0.15) is 0 Å². The molecule has 3 nitrogen and oxygen atoms in total. The summed E-state index contributed by atoms with van der Waals surface area (Å²) in [4.78, 5) is 11.5. The maximum Gasteiger partial charge on any atom is 0.254 e. The molecule has 1 atom stereocenters. The second-order valence-electron chi connectivity index (χ2n) is 3.31. The van der Waals surface area contributed by atoms with Crippen molar-refractivity contribution in [1.29, 1.82) is 0 Å². The average molecular weight is 211 g/mol. The number of methoxy groups -OCH3 is 1. The molecule has 0 heterocycles. The summed E-state index contributed by atoms with van der Waals surface area (Å²) in [5.41, 5.74) is 0.0560. The van der Waals surface area contributed by atoms with Gasteiger partial charge in [0.1, 0.15) is 5.82 Å². The van der Waals surface area contributed by atoms with Gasteiger partial charge in [0.25, 0.3) is 5.91 Å². The highest BCUT2D eigenvalue weighted by Crippen LogP contribution is 2.06. The molecule has 0 saturated carbocycles. The largest absolute Gasteiger partial charge is 0.383 e. The van der Waals surface area contributed by atoms with Crippen LogP contribution in [-0.2, 0) is 4.74 Å². The second kappa shape index (κ2) is 5.46. The average Bonchev–Trinajstić information content (AvgIpc) is 2.18. The number of benzene rings is 1. The minimum Gasteiger partial charge on any atom is -0.383 e. The van der Waals surface area contributed by atoms with Crippen LogP contribution in [0.4, 0.5) is 4.39 Å². The van der Waals surface area contributed by atoms with Crippen molar-refractivity contribution in [2.24, 2.45) is 0 Å². The maximum atomic E-state index is 13.2. The van der Waals surface area contributed by atoms with Crippen LogP contribution in [0.3, 0.4) is 0 Å². The van der Waals surface area contributed by atoms with Crippen LogP contribution in [0.2, 0.25) is 0 Å². The van der Waals surface area contributed by atoms with Crippen LogP contribution in [0.5, 0.6) is 0 Å². The highest BCUT2D eigenvalue weighted by Gasteiger charge is 2.12. The molecule has 1 amide bonds. The highest BCUT2D eigenvalue weighted by atomic mass is 19.1. The van der Waals surface area contributed by atoms with E-state index in [0.717, 1.165) is 0 Å². The van der Waals surface area contributed by atoms with Crippen molar-refractivity contribution in [3.63, 3.8) is 0 Å². The van der Waals surface area contributed by atoms with E-state index in [9.17, 15) is 9.18 Å². The Morgan fingerprint density at radius 1 is 1.53 bits per heavy atom. The molecule has 0 aliphatic carbocycles. The number of rotatable bonds is 4. The molecule has 0 aliphatic rings. The Morgan fingerprint density at radius 3 is 2.80 bits per heavy atom. The molecule has 0 aromatic heterocycles. The first-order chi connectivity index (χ1) is 7.15. The fourth-order valence-electron chi connectivity index (χ4n) is 1.24. The van der Waals surface area contributed by atoms with Gasteiger partial charge in [-0.25, -0.2) is 4.39 Å². The minimum absolute atomic E-state index is 0.0560. The minimum atomic E-state index is -0.514. The van der Waals surface area contributed by atoms with Gasteiger partial charge in [-0.3, -0.25) is 4.79 Å². The summed E-state index contributed by atoms with van der Waals surface area (Å²) in [6, 6.07) is 5.74. The van der Waals surface area contributed by atoms with E-state index in [-0.39, 0.29) is 11.6 Å². The van der Waals surface area contributed by atoms with E-state index in [1.807, 2.05) is 0 Å². The van der Waals surface area contributed by atoms with Crippen molar-refractivity contribution in [3.8, 4) is 0 Å². The molecule has 1 rings (SSSR count). The predicted molar refractivity (Wildman–Crippen MR) is 55.2 cm³/mol. The third-order valence-corrected chi connectivity index (χ3v) is 1.91. The Balaban J connectivity index is 2.65. The molecule has 4 heteroatoms. The monoisotopic (exact) mass is 211 g/mol. The van der Waals surface area contributed by atoms with E-state index < -0.39 is 11.7 Å². The molecule has 0 saturated heterocycles. The van der Waals surface area contributed by atoms with Gasteiger partial charge in [0.05, 0.1) is 12.2 Å². The molecule has 0 bridgehead atoms.